The summed E-state index contributed by atoms with van der Waals surface area (Å²) in [5, 5.41) is 22.0. The zero-order chi connectivity index (χ0) is 28.6. The maximum Gasteiger partial charge on any atom is 0.262 e. The normalized spacial score (nSPS) is 15.3. The highest BCUT2D eigenvalue weighted by Gasteiger charge is 2.32. The van der Waals surface area contributed by atoms with E-state index in [1.54, 1.807) is 46.8 Å². The smallest absolute Gasteiger partial charge is 0.262 e. The van der Waals surface area contributed by atoms with Crippen molar-refractivity contribution in [3.8, 4) is 16.1 Å². The van der Waals surface area contributed by atoms with Crippen LogP contribution >= 0.6 is 11.3 Å². The molecule has 1 aliphatic heterocycles. The Labute approximate surface area is 244 Å². The Balaban J connectivity index is 1.30. The number of anilines is 1. The minimum absolute atomic E-state index is 0.0451. The Hall–Kier alpha value is -4.58. The number of carbonyl (C=O) groups excluding carboxylic acids is 1. The number of benzene rings is 2. The number of carbonyl (C=O) groups is 1. The van der Waals surface area contributed by atoms with E-state index in [1.807, 2.05) is 36.4 Å². The molecule has 2 N–H and O–H groups in total. The maximum absolute atomic E-state index is 15.8. The van der Waals surface area contributed by atoms with Gasteiger partial charge in [0.1, 0.15) is 17.2 Å². The highest BCUT2D eigenvalue weighted by molar-refractivity contribution is 7.22. The van der Waals surface area contributed by atoms with Crippen molar-refractivity contribution in [3.05, 3.63) is 96.1 Å². The van der Waals surface area contributed by atoms with Gasteiger partial charge in [0, 0.05) is 40.0 Å². The molecular weight excluding hydrogens is 553 g/mol. The van der Waals surface area contributed by atoms with Crippen molar-refractivity contribution >= 4 is 44.3 Å². The van der Waals surface area contributed by atoms with Gasteiger partial charge in [-0.15, -0.1) is 16.4 Å². The summed E-state index contributed by atoms with van der Waals surface area (Å²) in [6.45, 7) is 1.40. The van der Waals surface area contributed by atoms with Crippen LogP contribution in [0.5, 0.6) is 0 Å². The summed E-state index contributed by atoms with van der Waals surface area (Å²) in [7, 11) is 0. The number of pyridine rings is 2. The lowest BCUT2D eigenvalue weighted by Crippen LogP contribution is -2.49. The summed E-state index contributed by atoms with van der Waals surface area (Å²) >= 11 is 1.59. The second-order valence-electron chi connectivity index (χ2n) is 10.2. The average molecular weight is 580 g/mol. The molecule has 1 saturated heterocycles. The first-order valence-electron chi connectivity index (χ1n) is 13.7. The fraction of sp³-hybridized carbons (Fsp3) is 0.194. The minimum Gasteiger partial charge on any atom is -0.392 e. The van der Waals surface area contributed by atoms with Gasteiger partial charge < -0.3 is 10.4 Å². The summed E-state index contributed by atoms with van der Waals surface area (Å²) in [5.41, 5.74) is 3.26. The highest BCUT2D eigenvalue weighted by Crippen LogP contribution is 2.39. The molecule has 0 bridgehead atoms. The van der Waals surface area contributed by atoms with E-state index in [1.165, 1.54) is 16.8 Å². The molecule has 11 heteroatoms. The maximum atomic E-state index is 15.8. The molecule has 7 rings (SSSR count). The molecule has 0 radical (unpaired) electrons. The van der Waals surface area contributed by atoms with E-state index in [9.17, 15) is 9.90 Å². The van der Waals surface area contributed by atoms with E-state index in [-0.39, 0.29) is 18.2 Å². The number of amides is 1. The molecule has 1 amide bonds. The first-order chi connectivity index (χ1) is 20.6. The van der Waals surface area contributed by atoms with E-state index in [2.05, 4.69) is 25.6 Å². The third-order valence-corrected chi connectivity index (χ3v) is 8.69. The van der Waals surface area contributed by atoms with Gasteiger partial charge in [0.2, 0.25) is 0 Å². The molecule has 1 aliphatic rings. The third-order valence-electron chi connectivity index (χ3n) is 7.54. The fourth-order valence-electron chi connectivity index (χ4n) is 5.47. The largest absolute Gasteiger partial charge is 0.392 e. The Morgan fingerprint density at radius 1 is 1.10 bits per heavy atom. The third kappa shape index (κ3) is 4.71. The van der Waals surface area contributed by atoms with Gasteiger partial charge in [-0.1, -0.05) is 23.4 Å². The lowest BCUT2D eigenvalue weighted by molar-refractivity contribution is 0.0968. The van der Waals surface area contributed by atoms with Crippen LogP contribution in [0.1, 0.15) is 28.8 Å². The predicted molar refractivity (Wildman–Crippen MR) is 160 cm³/mol. The van der Waals surface area contributed by atoms with Crippen LogP contribution in [-0.4, -0.2) is 55.1 Å². The van der Waals surface area contributed by atoms with Gasteiger partial charge in [0.05, 0.1) is 23.9 Å². The molecule has 0 spiro atoms. The zero-order valence-corrected chi connectivity index (χ0v) is 23.3. The van der Waals surface area contributed by atoms with Crippen molar-refractivity contribution in [2.24, 2.45) is 0 Å². The Kier molecular flexibility index (Phi) is 6.90. The second kappa shape index (κ2) is 11.0. The van der Waals surface area contributed by atoms with Crippen LogP contribution in [0.25, 0.3) is 37.4 Å². The summed E-state index contributed by atoms with van der Waals surface area (Å²) in [6, 6.07) is 19.5. The van der Waals surface area contributed by atoms with Crippen LogP contribution in [0.4, 0.5) is 10.2 Å². The number of aromatic nitrogens is 5. The van der Waals surface area contributed by atoms with Crippen molar-refractivity contribution in [2.75, 3.05) is 18.0 Å². The molecule has 4 aromatic heterocycles. The number of piperidine rings is 1. The molecule has 0 unspecified atom stereocenters. The van der Waals surface area contributed by atoms with E-state index in [4.69, 9.17) is 0 Å². The monoisotopic (exact) mass is 579 g/mol. The number of hydrogen-bond acceptors (Lipinski definition) is 8. The first-order valence-corrected chi connectivity index (χ1v) is 14.5. The lowest BCUT2D eigenvalue weighted by Gasteiger charge is -2.34. The highest BCUT2D eigenvalue weighted by atomic mass is 32.1. The van der Waals surface area contributed by atoms with Gasteiger partial charge in [-0.05, 0) is 73.0 Å². The molecule has 42 heavy (non-hydrogen) atoms. The summed E-state index contributed by atoms with van der Waals surface area (Å²) in [4.78, 5) is 25.9. The van der Waals surface area contributed by atoms with Crippen LogP contribution in [0.3, 0.4) is 0 Å². The molecular formula is C31H26FN7O2S. The number of fused-ring (bicyclic) bond motifs is 2. The number of aliphatic hydroxyl groups is 1. The van der Waals surface area contributed by atoms with Crippen LogP contribution in [0.15, 0.2) is 79.1 Å². The zero-order valence-electron chi connectivity index (χ0n) is 22.4. The van der Waals surface area contributed by atoms with E-state index in [0.29, 0.717) is 29.2 Å². The molecule has 1 atom stereocenters. The van der Waals surface area contributed by atoms with Crippen molar-refractivity contribution in [2.45, 2.75) is 25.5 Å². The molecule has 1 fully saturated rings. The lowest BCUT2D eigenvalue weighted by atomic mass is 10.0. The number of thiophene rings is 1. The minimum atomic E-state index is -0.662. The number of halogens is 1. The van der Waals surface area contributed by atoms with E-state index in [0.717, 1.165) is 45.5 Å². The van der Waals surface area contributed by atoms with Crippen LogP contribution < -0.4 is 10.2 Å². The predicted octanol–water partition coefficient (Wildman–Crippen LogP) is 5.12. The van der Waals surface area contributed by atoms with Gasteiger partial charge in [-0.3, -0.25) is 9.69 Å². The van der Waals surface area contributed by atoms with Crippen molar-refractivity contribution < 1.29 is 14.3 Å². The standard InChI is InChI=1S/C31H26FN7O2S/c32-25-15-21(39-30-26(36-37-39)7-3-12-34-30)8-9-23(25)31(41)38(22-6-2-11-33-17-22)29-24-16-28(42-27(24)10-13-35-29)20-5-1-4-19(14-20)18-40/h1,3-5,7-10,12-16,22,33,40H,2,6,11,17-18H2/t22-/m1/s1. The fourth-order valence-corrected chi connectivity index (χ4v) is 6.52. The summed E-state index contributed by atoms with van der Waals surface area (Å²) in [5.74, 6) is -0.615. The van der Waals surface area contributed by atoms with E-state index < -0.39 is 11.7 Å². The van der Waals surface area contributed by atoms with Gasteiger partial charge in [-0.2, -0.15) is 4.68 Å². The Bertz CT molecular complexity index is 1930. The van der Waals surface area contributed by atoms with Gasteiger partial charge in [0.25, 0.3) is 5.91 Å². The average Bonchev–Trinajstić information content (AvgIpc) is 3.67. The number of aliphatic hydroxyl groups excluding tert-OH is 1. The van der Waals surface area contributed by atoms with Gasteiger partial charge in [0.15, 0.2) is 5.65 Å². The molecule has 9 nitrogen and oxygen atoms in total. The molecule has 6 aromatic rings. The van der Waals surface area contributed by atoms with E-state index >= 15 is 4.39 Å². The quantitative estimate of drug-likeness (QED) is 0.282. The van der Waals surface area contributed by atoms with Crippen molar-refractivity contribution in [1.29, 1.82) is 0 Å². The molecule has 0 saturated carbocycles. The Morgan fingerprint density at radius 2 is 2.02 bits per heavy atom. The molecule has 210 valence electrons. The SMILES string of the molecule is O=C(c1ccc(-n2nnc3cccnc32)cc1F)N(c1nccc2sc(-c3cccc(CO)c3)cc12)[C@@H]1CCCNC1. The first kappa shape index (κ1) is 26.3. The Morgan fingerprint density at radius 3 is 2.86 bits per heavy atom. The summed E-state index contributed by atoms with van der Waals surface area (Å²) < 4.78 is 18.2. The van der Waals surface area contributed by atoms with Crippen molar-refractivity contribution in [1.82, 2.24) is 30.3 Å². The van der Waals surface area contributed by atoms with Crippen molar-refractivity contribution in [3.63, 3.8) is 0 Å². The van der Waals surface area contributed by atoms with Crippen LogP contribution in [-0.2, 0) is 6.61 Å². The number of nitrogens with zero attached hydrogens (tertiary/aromatic N) is 6. The molecule has 2 aromatic carbocycles. The number of rotatable bonds is 6. The molecule has 5 heterocycles. The van der Waals surface area contributed by atoms with Gasteiger partial charge in [-0.25, -0.2) is 14.4 Å². The topological polar surface area (TPSA) is 109 Å². The second-order valence-corrected chi connectivity index (χ2v) is 11.3. The number of hydrogen-bond donors (Lipinski definition) is 2. The molecule has 0 aliphatic carbocycles. The van der Waals surface area contributed by atoms with Crippen LogP contribution in [0.2, 0.25) is 0 Å². The summed E-state index contributed by atoms with van der Waals surface area (Å²) in [6.07, 6.45) is 4.98. The van der Waals surface area contributed by atoms with Crippen LogP contribution in [0, 0.1) is 5.82 Å². The number of nitrogens with one attached hydrogen (secondary N) is 1. The van der Waals surface area contributed by atoms with Gasteiger partial charge >= 0.3 is 0 Å².